The van der Waals surface area contributed by atoms with Gasteiger partial charge in [0.25, 0.3) is 0 Å². The minimum Gasteiger partial charge on any atom is -0.400 e. The average Bonchev–Trinajstić information content (AvgIpc) is 2.44. The summed E-state index contributed by atoms with van der Waals surface area (Å²) < 4.78 is 6.21. The Labute approximate surface area is 133 Å². The summed E-state index contributed by atoms with van der Waals surface area (Å²) >= 11 is 5.95. The lowest BCUT2D eigenvalue weighted by Gasteiger charge is -2.23. The molecule has 21 heavy (non-hydrogen) atoms. The second-order valence-corrected chi connectivity index (χ2v) is 10.7. The van der Waals surface area contributed by atoms with E-state index in [4.69, 9.17) is 16.0 Å². The molecule has 0 aliphatic carbocycles. The molecule has 1 unspecified atom stereocenters. The van der Waals surface area contributed by atoms with E-state index in [1.165, 1.54) is 0 Å². The monoisotopic (exact) mass is 314 g/mol. The topological polar surface area (TPSA) is 9.23 Å². The van der Waals surface area contributed by atoms with E-state index >= 15 is 0 Å². The van der Waals surface area contributed by atoms with E-state index in [1.807, 2.05) is 54.6 Å². The lowest BCUT2D eigenvalue weighted by Crippen LogP contribution is -2.27. The highest BCUT2D eigenvalue weighted by molar-refractivity contribution is 6.69. The molecule has 2 aromatic rings. The molecule has 108 valence electrons. The maximum Gasteiger partial charge on any atom is 0.185 e. The lowest BCUT2D eigenvalue weighted by molar-refractivity contribution is 0.257. The molecule has 0 saturated carbocycles. The molecule has 2 rings (SSSR count). The minimum absolute atomic E-state index is 0.214. The summed E-state index contributed by atoms with van der Waals surface area (Å²) in [7, 11) is -1.69. The zero-order chi connectivity index (χ0) is 15.3. The van der Waals surface area contributed by atoms with Crippen molar-refractivity contribution in [3.8, 4) is 11.8 Å². The van der Waals surface area contributed by atoms with Crippen LogP contribution in [0.15, 0.2) is 54.6 Å². The molecule has 0 aliphatic rings. The first-order valence-corrected chi connectivity index (χ1v) is 10.7. The van der Waals surface area contributed by atoms with Crippen LogP contribution >= 0.6 is 11.6 Å². The van der Waals surface area contributed by atoms with Crippen LogP contribution in [0.4, 0.5) is 0 Å². The van der Waals surface area contributed by atoms with Gasteiger partial charge in [0.15, 0.2) is 8.32 Å². The molecule has 0 heterocycles. The molecule has 0 fully saturated rings. The van der Waals surface area contributed by atoms with Gasteiger partial charge in [0, 0.05) is 10.6 Å². The maximum atomic E-state index is 6.21. The zero-order valence-corrected chi connectivity index (χ0v) is 14.3. The van der Waals surface area contributed by atoms with Crippen LogP contribution in [0.3, 0.4) is 0 Å². The highest BCUT2D eigenvalue weighted by Gasteiger charge is 2.21. The fraction of sp³-hybridized carbons (Fsp3) is 0.222. The number of benzene rings is 2. The molecule has 0 N–H and O–H groups in total. The van der Waals surface area contributed by atoms with E-state index in [2.05, 4.69) is 31.5 Å². The smallest absolute Gasteiger partial charge is 0.185 e. The van der Waals surface area contributed by atoms with E-state index in [-0.39, 0.29) is 6.10 Å². The summed E-state index contributed by atoms with van der Waals surface area (Å²) in [6.07, 6.45) is -0.214. The molecule has 1 atom stereocenters. The van der Waals surface area contributed by atoms with Gasteiger partial charge in [-0.15, -0.1) is 0 Å². The Kier molecular flexibility index (Phi) is 5.25. The summed E-state index contributed by atoms with van der Waals surface area (Å²) in [5.41, 5.74) is 2.04. The summed E-state index contributed by atoms with van der Waals surface area (Å²) in [5.74, 6) is 6.44. The molecule has 0 spiro atoms. The van der Waals surface area contributed by atoms with Crippen LogP contribution in [-0.2, 0) is 4.43 Å². The standard InChI is InChI=1S/C18H19ClOSi/c1-21(2,3)20-18(16-10-12-17(19)13-11-16)14-9-15-7-5-4-6-8-15/h4-8,10-13,18H,1-3H3. The third kappa shape index (κ3) is 5.39. The van der Waals surface area contributed by atoms with E-state index in [0.29, 0.717) is 0 Å². The Morgan fingerprint density at radius 1 is 0.952 bits per heavy atom. The Bertz CT molecular complexity index is 633. The van der Waals surface area contributed by atoms with Gasteiger partial charge in [-0.1, -0.05) is 53.8 Å². The highest BCUT2D eigenvalue weighted by atomic mass is 35.5. The van der Waals surface area contributed by atoms with Crippen molar-refractivity contribution >= 4 is 19.9 Å². The van der Waals surface area contributed by atoms with Crippen molar-refractivity contribution in [1.29, 1.82) is 0 Å². The van der Waals surface area contributed by atoms with Gasteiger partial charge < -0.3 is 4.43 Å². The maximum absolute atomic E-state index is 6.21. The van der Waals surface area contributed by atoms with E-state index in [9.17, 15) is 0 Å². The van der Waals surface area contributed by atoms with Crippen molar-refractivity contribution in [3.63, 3.8) is 0 Å². The first kappa shape index (κ1) is 15.8. The third-order valence-electron chi connectivity index (χ3n) is 2.77. The van der Waals surface area contributed by atoms with Gasteiger partial charge in [0.1, 0.15) is 6.10 Å². The summed E-state index contributed by atoms with van der Waals surface area (Å²) in [5, 5.41) is 0.724. The van der Waals surface area contributed by atoms with Crippen molar-refractivity contribution in [2.24, 2.45) is 0 Å². The van der Waals surface area contributed by atoms with E-state index < -0.39 is 8.32 Å². The Hall–Kier alpha value is -1.53. The van der Waals surface area contributed by atoms with Crippen LogP contribution in [0.5, 0.6) is 0 Å². The molecule has 0 amide bonds. The van der Waals surface area contributed by atoms with Gasteiger partial charge in [0.2, 0.25) is 0 Å². The second-order valence-electron chi connectivity index (χ2n) is 5.80. The van der Waals surface area contributed by atoms with Crippen molar-refractivity contribution in [2.45, 2.75) is 25.7 Å². The summed E-state index contributed by atoms with van der Waals surface area (Å²) in [6, 6.07) is 17.7. The van der Waals surface area contributed by atoms with Crippen molar-refractivity contribution in [1.82, 2.24) is 0 Å². The number of rotatable bonds is 3. The highest BCUT2D eigenvalue weighted by Crippen LogP contribution is 2.23. The van der Waals surface area contributed by atoms with Crippen molar-refractivity contribution in [2.75, 3.05) is 0 Å². The molecule has 1 nitrogen and oxygen atoms in total. The predicted octanol–water partition coefficient (Wildman–Crippen LogP) is 5.28. The predicted molar refractivity (Wildman–Crippen MR) is 91.9 cm³/mol. The van der Waals surface area contributed by atoms with Crippen molar-refractivity contribution in [3.05, 3.63) is 70.7 Å². The van der Waals surface area contributed by atoms with E-state index in [1.54, 1.807) is 0 Å². The fourth-order valence-corrected chi connectivity index (χ4v) is 2.87. The number of halogens is 1. The largest absolute Gasteiger partial charge is 0.400 e. The van der Waals surface area contributed by atoms with Gasteiger partial charge >= 0.3 is 0 Å². The van der Waals surface area contributed by atoms with Crippen LogP contribution in [-0.4, -0.2) is 8.32 Å². The molecule has 0 saturated heterocycles. The van der Waals surface area contributed by atoms with Crippen LogP contribution in [0.2, 0.25) is 24.7 Å². The van der Waals surface area contributed by atoms with Crippen LogP contribution in [0.25, 0.3) is 0 Å². The van der Waals surface area contributed by atoms with Crippen LogP contribution < -0.4 is 0 Å². The molecular weight excluding hydrogens is 296 g/mol. The zero-order valence-electron chi connectivity index (χ0n) is 12.6. The summed E-state index contributed by atoms with van der Waals surface area (Å²) in [4.78, 5) is 0. The normalized spacial score (nSPS) is 12.4. The van der Waals surface area contributed by atoms with Gasteiger partial charge in [0.05, 0.1) is 0 Å². The van der Waals surface area contributed by atoms with Gasteiger partial charge in [-0.3, -0.25) is 0 Å². The van der Waals surface area contributed by atoms with E-state index in [0.717, 1.165) is 16.1 Å². The molecule has 0 radical (unpaired) electrons. The number of hydrogen-bond donors (Lipinski definition) is 0. The minimum atomic E-state index is -1.69. The second kappa shape index (κ2) is 6.95. The average molecular weight is 315 g/mol. The lowest BCUT2D eigenvalue weighted by atomic mass is 10.1. The molecule has 3 heteroatoms. The third-order valence-corrected chi connectivity index (χ3v) is 3.96. The van der Waals surface area contributed by atoms with Crippen molar-refractivity contribution < 1.29 is 4.43 Å². The fourth-order valence-electron chi connectivity index (χ4n) is 1.84. The molecule has 0 bridgehead atoms. The molecule has 0 aliphatic heterocycles. The van der Waals surface area contributed by atoms with Gasteiger partial charge in [-0.2, -0.15) is 0 Å². The SMILES string of the molecule is C[Si](C)(C)OC(C#Cc1ccccc1)c1ccc(Cl)cc1. The first-order valence-electron chi connectivity index (χ1n) is 6.94. The molecular formula is C18H19ClOSi. The van der Waals surface area contributed by atoms with Crippen LogP contribution in [0, 0.1) is 11.8 Å². The Balaban J connectivity index is 2.29. The Morgan fingerprint density at radius 2 is 1.57 bits per heavy atom. The van der Waals surface area contributed by atoms with Gasteiger partial charge in [-0.25, -0.2) is 0 Å². The number of hydrogen-bond acceptors (Lipinski definition) is 1. The quantitative estimate of drug-likeness (QED) is 0.553. The first-order chi connectivity index (χ1) is 9.94. The van der Waals surface area contributed by atoms with Gasteiger partial charge in [-0.05, 0) is 49.5 Å². The Morgan fingerprint density at radius 3 is 2.14 bits per heavy atom. The van der Waals surface area contributed by atoms with Crippen LogP contribution in [0.1, 0.15) is 17.2 Å². The molecule has 2 aromatic carbocycles. The summed E-state index contributed by atoms with van der Waals surface area (Å²) in [6.45, 7) is 6.50. The molecule has 0 aromatic heterocycles.